The second-order valence-corrected chi connectivity index (χ2v) is 23.7. The molecule has 2 unspecified atom stereocenters. The van der Waals surface area contributed by atoms with Gasteiger partial charge in [0.15, 0.2) is 6.10 Å². The normalized spacial score (nSPS) is 12.9. The number of benzene rings is 1. The Labute approximate surface area is 493 Å². The summed E-state index contributed by atoms with van der Waals surface area (Å²) < 4.78 is 39.8. The van der Waals surface area contributed by atoms with Crippen LogP contribution in [0.2, 0.25) is 0 Å². The van der Waals surface area contributed by atoms with Crippen molar-refractivity contribution in [2.75, 3.05) is 33.5 Å². The molecule has 0 N–H and O–H groups in total. The molecule has 1 heterocycles. The lowest BCUT2D eigenvalue weighted by atomic mass is 9.94. The highest BCUT2D eigenvalue weighted by molar-refractivity contribution is 5.98. The SMILES string of the molecule is C=CCOc1c(C/C=C(\C)CCC(=O)OCC(C)CCCCCCCC(C)CC(=O)OC(COC(=O)CCCCCCCCCCCCCCC)COC(=O)CCCCCCCCCCCCCCC)c(OC)c(C)c2c1C(=O)OC2. The van der Waals surface area contributed by atoms with Gasteiger partial charge < -0.3 is 33.2 Å². The van der Waals surface area contributed by atoms with E-state index in [-0.39, 0.29) is 75.0 Å². The summed E-state index contributed by atoms with van der Waals surface area (Å²) >= 11 is 0. The highest BCUT2D eigenvalue weighted by Gasteiger charge is 2.33. The van der Waals surface area contributed by atoms with E-state index in [9.17, 15) is 24.0 Å². The van der Waals surface area contributed by atoms with E-state index < -0.39 is 12.1 Å². The minimum absolute atomic E-state index is 0.118. The van der Waals surface area contributed by atoms with Crippen molar-refractivity contribution in [1.82, 2.24) is 0 Å². The molecule has 12 nitrogen and oxygen atoms in total. The van der Waals surface area contributed by atoms with E-state index in [1.807, 2.05) is 19.9 Å². The summed E-state index contributed by atoms with van der Waals surface area (Å²) in [5, 5.41) is 0. The van der Waals surface area contributed by atoms with Gasteiger partial charge in [-0.1, -0.05) is 245 Å². The van der Waals surface area contributed by atoms with Crippen molar-refractivity contribution in [1.29, 1.82) is 0 Å². The van der Waals surface area contributed by atoms with Crippen LogP contribution in [0.5, 0.6) is 11.5 Å². The molecule has 81 heavy (non-hydrogen) atoms. The number of fused-ring (bicyclic) bond motifs is 1. The summed E-state index contributed by atoms with van der Waals surface area (Å²) in [6, 6.07) is 0. The molecule has 1 aliphatic heterocycles. The second-order valence-electron chi connectivity index (χ2n) is 23.7. The number of ether oxygens (including phenoxy) is 7. The number of hydrogen-bond donors (Lipinski definition) is 0. The van der Waals surface area contributed by atoms with Crippen molar-refractivity contribution >= 4 is 29.8 Å². The molecule has 2 atom stereocenters. The minimum Gasteiger partial charge on any atom is -0.496 e. The Hall–Kier alpha value is -4.35. The Bertz CT molecular complexity index is 1860. The van der Waals surface area contributed by atoms with Crippen molar-refractivity contribution in [3.63, 3.8) is 0 Å². The molecule has 12 heteroatoms. The number of rotatable bonds is 54. The molecule has 0 fully saturated rings. The third-order valence-electron chi connectivity index (χ3n) is 15.9. The third-order valence-corrected chi connectivity index (χ3v) is 15.9. The van der Waals surface area contributed by atoms with E-state index in [1.54, 1.807) is 13.2 Å². The summed E-state index contributed by atoms with van der Waals surface area (Å²) in [5.74, 6) is -0.0931. The molecule has 1 aliphatic rings. The number of cyclic esters (lactones) is 1. The van der Waals surface area contributed by atoms with Gasteiger partial charge in [0.1, 0.15) is 43.5 Å². The van der Waals surface area contributed by atoms with Crippen molar-refractivity contribution in [3.05, 3.63) is 46.6 Å². The van der Waals surface area contributed by atoms with Crippen molar-refractivity contribution < 1.29 is 57.1 Å². The molecule has 0 aromatic heterocycles. The lowest BCUT2D eigenvalue weighted by molar-refractivity contribution is -0.167. The van der Waals surface area contributed by atoms with Crippen LogP contribution in [0, 0.1) is 18.8 Å². The topological polar surface area (TPSA) is 150 Å². The summed E-state index contributed by atoms with van der Waals surface area (Å²) in [7, 11) is 1.61. The fraction of sp³-hybridized carbons (Fsp3) is 0.783. The van der Waals surface area contributed by atoms with E-state index in [1.165, 1.54) is 128 Å². The van der Waals surface area contributed by atoms with E-state index in [2.05, 4.69) is 34.3 Å². The van der Waals surface area contributed by atoms with E-state index in [0.717, 1.165) is 106 Å². The molecule has 0 saturated carbocycles. The number of carbonyl (C=O) groups excluding carboxylic acids is 5. The van der Waals surface area contributed by atoms with Crippen molar-refractivity contribution in [2.24, 2.45) is 11.8 Å². The number of hydrogen-bond acceptors (Lipinski definition) is 12. The Morgan fingerprint density at radius 1 is 0.556 bits per heavy atom. The standard InChI is InChI=1S/C69H116O12/c1-9-12-14-16-18-20-22-24-26-28-30-35-39-43-62(70)78-52-59(53-79-63(71)44-40-36-31-29-27-25-23-21-19-17-15-13-10-2)81-65(73)50-56(5)41-37-33-32-34-38-42-57(6)51-77-64(72)48-46-55(4)45-47-60-67(75-8)58(7)61-54-80-69(74)66(61)68(60)76-49-11-3/h11,45,56-57,59H,3,9-10,12-44,46-54H2,1-2,4-8H3/b55-45+. The van der Waals surface area contributed by atoms with Crippen LogP contribution in [-0.4, -0.2) is 69.5 Å². The first-order valence-corrected chi connectivity index (χ1v) is 32.8. The molecule has 2 rings (SSSR count). The summed E-state index contributed by atoms with van der Waals surface area (Å²) in [5.41, 5.74) is 3.87. The molecule has 0 spiro atoms. The average molecular weight is 1140 g/mol. The van der Waals surface area contributed by atoms with Gasteiger partial charge in [0, 0.05) is 36.8 Å². The largest absolute Gasteiger partial charge is 0.496 e. The van der Waals surface area contributed by atoms with Gasteiger partial charge in [-0.25, -0.2) is 4.79 Å². The fourth-order valence-electron chi connectivity index (χ4n) is 10.7. The molecule has 464 valence electrons. The summed E-state index contributed by atoms with van der Waals surface area (Å²) in [6.45, 7) is 16.9. The van der Waals surface area contributed by atoms with Gasteiger partial charge >= 0.3 is 29.8 Å². The Kier molecular flexibility index (Phi) is 43.2. The van der Waals surface area contributed by atoms with Gasteiger partial charge in [0.25, 0.3) is 0 Å². The van der Waals surface area contributed by atoms with Gasteiger partial charge in [-0.15, -0.1) is 0 Å². The van der Waals surface area contributed by atoms with Crippen LogP contribution in [0.4, 0.5) is 0 Å². The van der Waals surface area contributed by atoms with Gasteiger partial charge in [-0.2, -0.15) is 0 Å². The predicted molar refractivity (Wildman–Crippen MR) is 328 cm³/mol. The van der Waals surface area contributed by atoms with Gasteiger partial charge in [0.2, 0.25) is 0 Å². The predicted octanol–water partition coefficient (Wildman–Crippen LogP) is 18.4. The average Bonchev–Trinajstić information content (AvgIpc) is 4.13. The number of methoxy groups -OCH3 is 1. The Morgan fingerprint density at radius 3 is 1.46 bits per heavy atom. The van der Waals surface area contributed by atoms with Crippen molar-refractivity contribution in [3.8, 4) is 11.5 Å². The van der Waals surface area contributed by atoms with Crippen LogP contribution >= 0.6 is 0 Å². The molecular weight excluding hydrogens is 1020 g/mol. The fourth-order valence-corrected chi connectivity index (χ4v) is 10.7. The lowest BCUT2D eigenvalue weighted by Crippen LogP contribution is -2.31. The second kappa shape index (κ2) is 48.1. The maximum Gasteiger partial charge on any atom is 0.342 e. The lowest BCUT2D eigenvalue weighted by Gasteiger charge is -2.19. The highest BCUT2D eigenvalue weighted by Crippen LogP contribution is 2.43. The summed E-state index contributed by atoms with van der Waals surface area (Å²) in [4.78, 5) is 64.1. The highest BCUT2D eigenvalue weighted by atomic mass is 16.6. The maximum absolute atomic E-state index is 13.2. The minimum atomic E-state index is -0.834. The number of esters is 5. The van der Waals surface area contributed by atoms with Crippen LogP contribution in [0.25, 0.3) is 0 Å². The first-order valence-electron chi connectivity index (χ1n) is 32.8. The van der Waals surface area contributed by atoms with E-state index >= 15 is 0 Å². The van der Waals surface area contributed by atoms with Crippen molar-refractivity contribution in [2.45, 2.75) is 305 Å². The van der Waals surface area contributed by atoms with Gasteiger partial charge in [-0.3, -0.25) is 19.2 Å². The van der Waals surface area contributed by atoms with Gasteiger partial charge in [-0.05, 0) is 63.4 Å². The first-order chi connectivity index (χ1) is 39.3. The quantitative estimate of drug-likeness (QED) is 0.0264. The molecule has 0 aliphatic carbocycles. The Balaban J connectivity index is 1.68. The number of allylic oxidation sites excluding steroid dienone is 2. The number of unbranched alkanes of at least 4 members (excludes halogenated alkanes) is 28. The van der Waals surface area contributed by atoms with Crippen LogP contribution < -0.4 is 9.47 Å². The Morgan fingerprint density at radius 2 is 0.988 bits per heavy atom. The maximum atomic E-state index is 13.2. The molecule has 1 aromatic carbocycles. The zero-order valence-electron chi connectivity index (χ0n) is 52.6. The van der Waals surface area contributed by atoms with E-state index in [4.69, 9.17) is 33.2 Å². The van der Waals surface area contributed by atoms with Crippen LogP contribution in [0.15, 0.2) is 24.3 Å². The third kappa shape index (κ3) is 35.4. The zero-order valence-corrected chi connectivity index (χ0v) is 52.6. The van der Waals surface area contributed by atoms with Crippen LogP contribution in [-0.2, 0) is 55.9 Å². The molecule has 1 aromatic rings. The van der Waals surface area contributed by atoms with Crippen LogP contribution in [0.3, 0.4) is 0 Å². The van der Waals surface area contributed by atoms with E-state index in [0.29, 0.717) is 49.4 Å². The smallest absolute Gasteiger partial charge is 0.342 e. The molecular formula is C69H116O12. The zero-order chi connectivity index (χ0) is 59.1. The first kappa shape index (κ1) is 72.8. The summed E-state index contributed by atoms with van der Waals surface area (Å²) in [6.07, 6.45) is 44.3. The molecule has 0 radical (unpaired) electrons. The van der Waals surface area contributed by atoms with Gasteiger partial charge in [0.05, 0.1) is 13.7 Å². The number of carbonyl (C=O) groups is 5. The van der Waals surface area contributed by atoms with Crippen LogP contribution in [0.1, 0.15) is 306 Å². The molecule has 0 saturated heterocycles. The molecule has 0 bridgehead atoms. The molecule has 0 amide bonds. The monoisotopic (exact) mass is 1140 g/mol.